The molecule has 2 rings (SSSR count). The van der Waals surface area contributed by atoms with Crippen LogP contribution in [0.1, 0.15) is 43.9 Å². The Morgan fingerprint density at radius 2 is 2.06 bits per heavy atom. The fraction of sp³-hybridized carbons (Fsp3) is 0.625. The molecule has 0 amide bonds. The van der Waals surface area contributed by atoms with Crippen LogP contribution < -0.4 is 5.32 Å². The van der Waals surface area contributed by atoms with Crippen molar-refractivity contribution in [3.8, 4) is 0 Å². The van der Waals surface area contributed by atoms with Gasteiger partial charge in [0.1, 0.15) is 0 Å². The average molecular weight is 247 g/mol. The molecule has 1 atom stereocenters. The first kappa shape index (κ1) is 13.6. The van der Waals surface area contributed by atoms with Crippen molar-refractivity contribution in [3.63, 3.8) is 0 Å². The molecule has 0 saturated carbocycles. The Labute approximate surface area is 111 Å². The number of benzene rings is 1. The summed E-state index contributed by atoms with van der Waals surface area (Å²) < 4.78 is 5.48. The van der Waals surface area contributed by atoms with Gasteiger partial charge in [0.2, 0.25) is 0 Å². The maximum Gasteiger partial charge on any atom is 0.0469 e. The van der Waals surface area contributed by atoms with E-state index in [1.54, 1.807) is 0 Å². The van der Waals surface area contributed by atoms with Crippen molar-refractivity contribution in [2.45, 2.75) is 39.2 Å². The summed E-state index contributed by atoms with van der Waals surface area (Å²) in [5, 5.41) is 3.66. The number of rotatable bonds is 5. The standard InChI is InChI=1S/C16H25NO/c1-3-13-6-5-7-15(12-13)16(17-4-2)14-8-10-18-11-9-14/h5-7,12,14,16-17H,3-4,8-11H2,1-2H3. The molecule has 0 spiro atoms. The van der Waals surface area contributed by atoms with Crippen LogP contribution in [0.2, 0.25) is 0 Å². The quantitative estimate of drug-likeness (QED) is 0.861. The molecule has 1 aliphatic rings. The highest BCUT2D eigenvalue weighted by Gasteiger charge is 2.24. The van der Waals surface area contributed by atoms with E-state index in [0.717, 1.165) is 26.2 Å². The van der Waals surface area contributed by atoms with Crippen molar-refractivity contribution in [2.24, 2.45) is 5.92 Å². The van der Waals surface area contributed by atoms with Crippen LogP contribution in [0.3, 0.4) is 0 Å². The molecule has 1 aromatic rings. The molecular formula is C16H25NO. The van der Waals surface area contributed by atoms with Crippen LogP contribution in [0, 0.1) is 5.92 Å². The first-order valence-electron chi connectivity index (χ1n) is 7.25. The molecule has 0 aliphatic carbocycles. The summed E-state index contributed by atoms with van der Waals surface area (Å²) in [5.74, 6) is 0.714. The summed E-state index contributed by atoms with van der Waals surface area (Å²) >= 11 is 0. The zero-order chi connectivity index (χ0) is 12.8. The van der Waals surface area contributed by atoms with Crippen molar-refractivity contribution in [3.05, 3.63) is 35.4 Å². The highest BCUT2D eigenvalue weighted by Crippen LogP contribution is 2.30. The van der Waals surface area contributed by atoms with E-state index in [4.69, 9.17) is 4.74 Å². The minimum atomic E-state index is 0.491. The van der Waals surface area contributed by atoms with Gasteiger partial charge in [-0.05, 0) is 42.9 Å². The Morgan fingerprint density at radius 3 is 2.72 bits per heavy atom. The maximum absolute atomic E-state index is 5.48. The van der Waals surface area contributed by atoms with Gasteiger partial charge < -0.3 is 10.1 Å². The molecule has 1 unspecified atom stereocenters. The van der Waals surface area contributed by atoms with Gasteiger partial charge in [-0.15, -0.1) is 0 Å². The topological polar surface area (TPSA) is 21.3 Å². The first-order valence-corrected chi connectivity index (χ1v) is 7.25. The normalized spacial score (nSPS) is 18.8. The monoisotopic (exact) mass is 247 g/mol. The van der Waals surface area contributed by atoms with Gasteiger partial charge in [0.25, 0.3) is 0 Å². The Bertz CT molecular complexity index is 358. The Morgan fingerprint density at radius 1 is 1.28 bits per heavy atom. The Balaban J connectivity index is 2.16. The lowest BCUT2D eigenvalue weighted by molar-refractivity contribution is 0.0538. The van der Waals surface area contributed by atoms with Gasteiger partial charge in [-0.25, -0.2) is 0 Å². The molecule has 0 aromatic heterocycles. The minimum absolute atomic E-state index is 0.491. The lowest BCUT2D eigenvalue weighted by Crippen LogP contribution is -2.32. The molecule has 0 radical (unpaired) electrons. The lowest BCUT2D eigenvalue weighted by Gasteiger charge is -2.31. The molecule has 1 aromatic carbocycles. The molecule has 2 nitrogen and oxygen atoms in total. The zero-order valence-electron chi connectivity index (χ0n) is 11.6. The van der Waals surface area contributed by atoms with Crippen molar-refractivity contribution in [2.75, 3.05) is 19.8 Å². The largest absolute Gasteiger partial charge is 0.381 e. The predicted octanol–water partition coefficient (Wildman–Crippen LogP) is 3.33. The molecule has 1 aliphatic heterocycles. The van der Waals surface area contributed by atoms with Crippen molar-refractivity contribution in [1.82, 2.24) is 5.32 Å². The third kappa shape index (κ3) is 3.33. The average Bonchev–Trinajstić information content (AvgIpc) is 2.46. The van der Waals surface area contributed by atoms with Gasteiger partial charge in [-0.3, -0.25) is 0 Å². The number of nitrogens with one attached hydrogen (secondary N) is 1. The smallest absolute Gasteiger partial charge is 0.0469 e. The molecule has 1 saturated heterocycles. The predicted molar refractivity (Wildman–Crippen MR) is 75.8 cm³/mol. The van der Waals surface area contributed by atoms with Crippen molar-refractivity contribution >= 4 is 0 Å². The Hall–Kier alpha value is -0.860. The molecule has 2 heteroatoms. The summed E-state index contributed by atoms with van der Waals surface area (Å²) in [5.41, 5.74) is 2.88. The summed E-state index contributed by atoms with van der Waals surface area (Å²) in [6, 6.07) is 9.53. The second kappa shape index (κ2) is 6.91. The highest BCUT2D eigenvalue weighted by molar-refractivity contribution is 5.26. The zero-order valence-corrected chi connectivity index (χ0v) is 11.6. The Kier molecular flexibility index (Phi) is 5.21. The van der Waals surface area contributed by atoms with Gasteiger partial charge in [-0.2, -0.15) is 0 Å². The molecule has 1 heterocycles. The van der Waals surface area contributed by atoms with E-state index in [-0.39, 0.29) is 0 Å². The van der Waals surface area contributed by atoms with Crippen molar-refractivity contribution in [1.29, 1.82) is 0 Å². The van der Waals surface area contributed by atoms with Gasteiger partial charge in [0.05, 0.1) is 0 Å². The van der Waals surface area contributed by atoms with E-state index in [1.807, 2.05) is 0 Å². The van der Waals surface area contributed by atoms with E-state index in [9.17, 15) is 0 Å². The lowest BCUT2D eigenvalue weighted by atomic mass is 9.86. The molecule has 1 fully saturated rings. The molecular weight excluding hydrogens is 222 g/mol. The summed E-state index contributed by atoms with van der Waals surface area (Å²) in [6.07, 6.45) is 3.46. The van der Waals surface area contributed by atoms with Crippen molar-refractivity contribution < 1.29 is 4.74 Å². The summed E-state index contributed by atoms with van der Waals surface area (Å²) in [6.45, 7) is 7.27. The van der Waals surface area contributed by atoms with Gasteiger partial charge in [0, 0.05) is 19.3 Å². The number of hydrogen-bond donors (Lipinski definition) is 1. The van der Waals surface area contributed by atoms with Crippen LogP contribution in [0.25, 0.3) is 0 Å². The molecule has 1 N–H and O–H groups in total. The van der Waals surface area contributed by atoms with Gasteiger partial charge in [-0.1, -0.05) is 38.1 Å². The third-order valence-corrected chi connectivity index (χ3v) is 3.88. The van der Waals surface area contributed by atoms with E-state index in [1.165, 1.54) is 24.0 Å². The first-order chi connectivity index (χ1) is 8.85. The number of hydrogen-bond acceptors (Lipinski definition) is 2. The second-order valence-corrected chi connectivity index (χ2v) is 5.08. The second-order valence-electron chi connectivity index (χ2n) is 5.08. The van der Waals surface area contributed by atoms with Gasteiger partial charge >= 0.3 is 0 Å². The van der Waals surface area contributed by atoms with Crippen LogP contribution >= 0.6 is 0 Å². The highest BCUT2D eigenvalue weighted by atomic mass is 16.5. The van der Waals surface area contributed by atoms with E-state index in [0.29, 0.717) is 12.0 Å². The molecule has 100 valence electrons. The van der Waals surface area contributed by atoms with Crippen LogP contribution in [-0.4, -0.2) is 19.8 Å². The number of aryl methyl sites for hydroxylation is 1. The third-order valence-electron chi connectivity index (χ3n) is 3.88. The van der Waals surface area contributed by atoms with Crippen LogP contribution in [0.4, 0.5) is 0 Å². The van der Waals surface area contributed by atoms with Gasteiger partial charge in [0.15, 0.2) is 0 Å². The fourth-order valence-electron chi connectivity index (χ4n) is 2.83. The minimum Gasteiger partial charge on any atom is -0.381 e. The molecule has 18 heavy (non-hydrogen) atoms. The van der Waals surface area contributed by atoms with E-state index < -0.39 is 0 Å². The van der Waals surface area contributed by atoms with E-state index >= 15 is 0 Å². The SMILES string of the molecule is CCNC(c1cccc(CC)c1)C1CCOCC1. The summed E-state index contributed by atoms with van der Waals surface area (Å²) in [4.78, 5) is 0. The molecule has 0 bridgehead atoms. The van der Waals surface area contributed by atoms with E-state index in [2.05, 4.69) is 43.4 Å². The van der Waals surface area contributed by atoms with Crippen LogP contribution in [0.5, 0.6) is 0 Å². The fourth-order valence-corrected chi connectivity index (χ4v) is 2.83. The summed E-state index contributed by atoms with van der Waals surface area (Å²) in [7, 11) is 0. The van der Waals surface area contributed by atoms with Crippen LogP contribution in [0.15, 0.2) is 24.3 Å². The van der Waals surface area contributed by atoms with Crippen LogP contribution in [-0.2, 0) is 11.2 Å². The number of ether oxygens (including phenoxy) is 1. The maximum atomic E-state index is 5.48.